The van der Waals surface area contributed by atoms with Crippen molar-refractivity contribution in [3.8, 4) is 0 Å². The molecule has 2 heteroatoms. The molecule has 0 radical (unpaired) electrons. The van der Waals surface area contributed by atoms with Crippen LogP contribution < -0.4 is 5.32 Å². The van der Waals surface area contributed by atoms with Crippen molar-refractivity contribution in [2.24, 2.45) is 0 Å². The molecule has 60 valence electrons. The molecule has 1 saturated carbocycles. The molecule has 0 spiro atoms. The second-order valence-electron chi connectivity index (χ2n) is 3.18. The Bertz CT molecular complexity index is 237. The van der Waals surface area contributed by atoms with E-state index < -0.39 is 0 Å². The predicted octanol–water partition coefficient (Wildman–Crippen LogP) is 2.31. The fourth-order valence-electron chi connectivity index (χ4n) is 1.11. The Morgan fingerprint density at radius 1 is 1.64 bits per heavy atom. The van der Waals surface area contributed by atoms with E-state index in [1.54, 1.807) is 0 Å². The summed E-state index contributed by atoms with van der Waals surface area (Å²) in [4.78, 5) is 1.50. The molecule has 0 bridgehead atoms. The quantitative estimate of drug-likeness (QED) is 0.728. The Balaban J connectivity index is 1.89. The van der Waals surface area contributed by atoms with E-state index in [1.807, 2.05) is 11.3 Å². The van der Waals surface area contributed by atoms with Crippen molar-refractivity contribution in [2.45, 2.75) is 32.4 Å². The van der Waals surface area contributed by atoms with Gasteiger partial charge in [-0.3, -0.25) is 0 Å². The second kappa shape index (κ2) is 2.95. The zero-order chi connectivity index (χ0) is 7.68. The zero-order valence-electron chi connectivity index (χ0n) is 6.76. The fourth-order valence-corrected chi connectivity index (χ4v) is 1.97. The van der Waals surface area contributed by atoms with Crippen LogP contribution in [-0.4, -0.2) is 6.04 Å². The summed E-state index contributed by atoms with van der Waals surface area (Å²) < 4.78 is 0. The summed E-state index contributed by atoms with van der Waals surface area (Å²) in [7, 11) is 0. The van der Waals surface area contributed by atoms with Gasteiger partial charge >= 0.3 is 0 Å². The normalized spacial score (nSPS) is 17.2. The molecule has 0 amide bonds. The fraction of sp³-hybridized carbons (Fsp3) is 0.556. The van der Waals surface area contributed by atoms with Crippen LogP contribution in [0.25, 0.3) is 0 Å². The zero-order valence-corrected chi connectivity index (χ0v) is 7.58. The van der Waals surface area contributed by atoms with Crippen LogP contribution in [0.3, 0.4) is 0 Å². The Morgan fingerprint density at radius 2 is 2.45 bits per heavy atom. The first-order valence-electron chi connectivity index (χ1n) is 4.12. The average molecular weight is 167 g/mol. The maximum Gasteiger partial charge on any atom is 0.0304 e. The monoisotopic (exact) mass is 167 g/mol. The number of thiophene rings is 1. The Labute approximate surface area is 71.4 Å². The molecule has 1 nitrogen and oxygen atoms in total. The summed E-state index contributed by atoms with van der Waals surface area (Å²) in [6, 6.07) is 3.02. The molecular formula is C9H13NS. The van der Waals surface area contributed by atoms with E-state index in [2.05, 4.69) is 23.7 Å². The number of rotatable bonds is 3. The molecule has 1 aliphatic rings. The standard InChI is InChI=1S/C9H13NS/c1-7-4-5-11-9(7)6-10-8-2-3-8/h4-5,8,10H,2-3,6H2,1H3. The van der Waals surface area contributed by atoms with Crippen LogP contribution in [0, 0.1) is 6.92 Å². The van der Waals surface area contributed by atoms with Gasteiger partial charge in [-0.2, -0.15) is 0 Å². The molecule has 1 aromatic rings. The van der Waals surface area contributed by atoms with Crippen molar-refractivity contribution < 1.29 is 0 Å². The van der Waals surface area contributed by atoms with Gasteiger partial charge in [0.25, 0.3) is 0 Å². The summed E-state index contributed by atoms with van der Waals surface area (Å²) in [6.45, 7) is 3.26. The first-order chi connectivity index (χ1) is 5.36. The van der Waals surface area contributed by atoms with Gasteiger partial charge in [-0.05, 0) is 36.8 Å². The summed E-state index contributed by atoms with van der Waals surface area (Å²) in [5, 5.41) is 5.68. The van der Waals surface area contributed by atoms with Gasteiger partial charge in [0.1, 0.15) is 0 Å². The van der Waals surface area contributed by atoms with Crippen molar-refractivity contribution in [1.82, 2.24) is 5.32 Å². The third-order valence-electron chi connectivity index (χ3n) is 2.10. The van der Waals surface area contributed by atoms with E-state index in [9.17, 15) is 0 Å². The van der Waals surface area contributed by atoms with Crippen molar-refractivity contribution in [3.05, 3.63) is 21.9 Å². The van der Waals surface area contributed by atoms with Gasteiger partial charge < -0.3 is 5.32 Å². The molecule has 0 atom stereocenters. The van der Waals surface area contributed by atoms with Gasteiger partial charge in [-0.25, -0.2) is 0 Å². The van der Waals surface area contributed by atoms with Crippen LogP contribution in [-0.2, 0) is 6.54 Å². The molecule has 0 aliphatic heterocycles. The Kier molecular flexibility index (Phi) is 1.96. The lowest BCUT2D eigenvalue weighted by Crippen LogP contribution is -2.14. The number of hydrogen-bond acceptors (Lipinski definition) is 2. The van der Waals surface area contributed by atoms with E-state index in [4.69, 9.17) is 0 Å². The van der Waals surface area contributed by atoms with Crippen molar-refractivity contribution in [1.29, 1.82) is 0 Å². The molecule has 1 N–H and O–H groups in total. The third-order valence-corrected chi connectivity index (χ3v) is 3.12. The van der Waals surface area contributed by atoms with Gasteiger partial charge in [-0.15, -0.1) is 11.3 Å². The minimum Gasteiger partial charge on any atom is -0.309 e. The van der Waals surface area contributed by atoms with E-state index in [1.165, 1.54) is 23.3 Å². The molecule has 1 aromatic heterocycles. The lowest BCUT2D eigenvalue weighted by atomic mass is 10.3. The van der Waals surface area contributed by atoms with Gasteiger partial charge in [0.15, 0.2) is 0 Å². The smallest absolute Gasteiger partial charge is 0.0304 e. The van der Waals surface area contributed by atoms with Crippen LogP contribution in [0.1, 0.15) is 23.3 Å². The highest BCUT2D eigenvalue weighted by atomic mass is 32.1. The highest BCUT2D eigenvalue weighted by Crippen LogP contribution is 2.21. The number of aryl methyl sites for hydroxylation is 1. The van der Waals surface area contributed by atoms with E-state index in [0.29, 0.717) is 0 Å². The van der Waals surface area contributed by atoms with Crippen molar-refractivity contribution in [2.75, 3.05) is 0 Å². The lowest BCUT2D eigenvalue weighted by Gasteiger charge is -2.00. The second-order valence-corrected chi connectivity index (χ2v) is 4.18. The minimum atomic E-state index is 0.830. The molecule has 0 aromatic carbocycles. The van der Waals surface area contributed by atoms with Crippen LogP contribution in [0.2, 0.25) is 0 Å². The topological polar surface area (TPSA) is 12.0 Å². The van der Waals surface area contributed by atoms with E-state index in [0.717, 1.165) is 12.6 Å². The van der Waals surface area contributed by atoms with Crippen molar-refractivity contribution in [3.63, 3.8) is 0 Å². The molecule has 1 aliphatic carbocycles. The lowest BCUT2D eigenvalue weighted by molar-refractivity contribution is 0.693. The maximum atomic E-state index is 3.51. The van der Waals surface area contributed by atoms with E-state index in [-0.39, 0.29) is 0 Å². The highest BCUT2D eigenvalue weighted by Gasteiger charge is 2.20. The van der Waals surface area contributed by atoms with Crippen LogP contribution in [0.4, 0.5) is 0 Å². The third kappa shape index (κ3) is 1.82. The van der Waals surface area contributed by atoms with Crippen molar-refractivity contribution >= 4 is 11.3 Å². The molecule has 1 heterocycles. The largest absolute Gasteiger partial charge is 0.309 e. The summed E-state index contributed by atoms with van der Waals surface area (Å²) >= 11 is 1.86. The van der Waals surface area contributed by atoms with E-state index >= 15 is 0 Å². The molecule has 11 heavy (non-hydrogen) atoms. The molecular weight excluding hydrogens is 154 g/mol. The minimum absolute atomic E-state index is 0.830. The number of nitrogens with one attached hydrogen (secondary N) is 1. The van der Waals surface area contributed by atoms with Gasteiger partial charge in [0.05, 0.1) is 0 Å². The average Bonchev–Trinajstić information content (AvgIpc) is 2.73. The first-order valence-corrected chi connectivity index (χ1v) is 5.00. The Morgan fingerprint density at radius 3 is 3.00 bits per heavy atom. The summed E-state index contributed by atoms with van der Waals surface area (Å²) in [5.41, 5.74) is 1.43. The van der Waals surface area contributed by atoms with Gasteiger partial charge in [0, 0.05) is 17.5 Å². The summed E-state index contributed by atoms with van der Waals surface area (Å²) in [5.74, 6) is 0. The van der Waals surface area contributed by atoms with Crippen LogP contribution >= 0.6 is 11.3 Å². The molecule has 1 fully saturated rings. The predicted molar refractivity (Wildman–Crippen MR) is 48.9 cm³/mol. The van der Waals surface area contributed by atoms with Crippen LogP contribution in [0.15, 0.2) is 11.4 Å². The van der Waals surface area contributed by atoms with Crippen LogP contribution in [0.5, 0.6) is 0 Å². The van der Waals surface area contributed by atoms with Gasteiger partial charge in [-0.1, -0.05) is 0 Å². The number of hydrogen-bond donors (Lipinski definition) is 1. The Hall–Kier alpha value is -0.340. The van der Waals surface area contributed by atoms with Gasteiger partial charge in [0.2, 0.25) is 0 Å². The molecule has 2 rings (SSSR count). The highest BCUT2D eigenvalue weighted by molar-refractivity contribution is 7.10. The molecule has 0 unspecified atom stereocenters. The first kappa shape index (κ1) is 7.32. The molecule has 0 saturated heterocycles. The maximum absolute atomic E-state index is 3.51. The summed E-state index contributed by atoms with van der Waals surface area (Å²) in [6.07, 6.45) is 2.76. The SMILES string of the molecule is Cc1ccsc1CNC1CC1.